The monoisotopic (exact) mass is 409 g/mol. The van der Waals surface area contributed by atoms with Gasteiger partial charge in [-0.15, -0.1) is 0 Å². The Balaban J connectivity index is 1.81. The summed E-state index contributed by atoms with van der Waals surface area (Å²) in [5.41, 5.74) is 1.12. The Morgan fingerprint density at radius 1 is 1.04 bits per heavy atom. The van der Waals surface area contributed by atoms with Crippen molar-refractivity contribution in [3.8, 4) is 17.3 Å². The van der Waals surface area contributed by atoms with Gasteiger partial charge in [0.05, 0.1) is 16.7 Å². The van der Waals surface area contributed by atoms with Gasteiger partial charge in [0.25, 0.3) is 5.56 Å². The first-order chi connectivity index (χ1) is 13.5. The van der Waals surface area contributed by atoms with Gasteiger partial charge >= 0.3 is 0 Å². The molecular weight excluding hydrogens is 401 g/mol. The molecule has 2 heterocycles. The Hall–Kier alpha value is -3.28. The minimum Gasteiger partial charge on any atom is -0.300 e. The highest BCUT2D eigenvalue weighted by atomic mass is 35.5. The number of H-pyrrole nitrogens is 1. The van der Waals surface area contributed by atoms with Crippen molar-refractivity contribution in [1.29, 1.82) is 5.26 Å². The highest BCUT2D eigenvalue weighted by molar-refractivity contribution is 7.99. The van der Waals surface area contributed by atoms with E-state index in [0.717, 1.165) is 11.8 Å². The second kappa shape index (κ2) is 7.38. The summed E-state index contributed by atoms with van der Waals surface area (Å²) in [7, 11) is 0. The molecule has 0 fully saturated rings. The van der Waals surface area contributed by atoms with Crippen LogP contribution in [0, 0.1) is 17.1 Å². The Morgan fingerprint density at radius 3 is 2.39 bits per heavy atom. The largest absolute Gasteiger partial charge is 0.300 e. The number of hydrogen-bond donors (Lipinski definition) is 1. The van der Waals surface area contributed by atoms with E-state index in [1.54, 1.807) is 12.1 Å². The lowest BCUT2D eigenvalue weighted by Gasteiger charge is -2.07. The van der Waals surface area contributed by atoms with Crippen LogP contribution in [0.25, 0.3) is 22.3 Å². The van der Waals surface area contributed by atoms with Crippen LogP contribution in [0.4, 0.5) is 4.39 Å². The van der Waals surface area contributed by atoms with Gasteiger partial charge in [0.2, 0.25) is 0 Å². The van der Waals surface area contributed by atoms with E-state index in [1.165, 1.54) is 24.3 Å². The lowest BCUT2D eigenvalue weighted by Crippen LogP contribution is -2.14. The molecule has 9 heteroatoms. The first-order valence-corrected chi connectivity index (χ1v) is 9.15. The van der Waals surface area contributed by atoms with E-state index in [2.05, 4.69) is 19.9 Å². The Labute approximate surface area is 167 Å². The van der Waals surface area contributed by atoms with Gasteiger partial charge in [0.15, 0.2) is 10.3 Å². The SMILES string of the molecule is N#Cc1c(-c2ccc(F)cc2)nc(Sc2nc3ccccc3nc2Cl)[nH]c1=O. The van der Waals surface area contributed by atoms with Gasteiger partial charge in [0, 0.05) is 5.56 Å². The molecule has 0 spiro atoms. The molecule has 4 rings (SSSR count). The normalized spacial score (nSPS) is 10.8. The Kier molecular flexibility index (Phi) is 4.77. The minimum absolute atomic E-state index is 0.152. The van der Waals surface area contributed by atoms with Crippen LogP contribution in [0.2, 0.25) is 5.15 Å². The van der Waals surface area contributed by atoms with Crippen molar-refractivity contribution < 1.29 is 4.39 Å². The van der Waals surface area contributed by atoms with Crippen LogP contribution in [0.15, 0.2) is 63.5 Å². The van der Waals surface area contributed by atoms with Crippen LogP contribution in [-0.2, 0) is 0 Å². The number of aromatic amines is 1. The summed E-state index contributed by atoms with van der Waals surface area (Å²) in [4.78, 5) is 28.0. The quantitative estimate of drug-likeness (QED) is 0.509. The molecule has 0 aliphatic rings. The summed E-state index contributed by atoms with van der Waals surface area (Å²) in [6.07, 6.45) is 0. The molecular formula is C19H9ClFN5OS. The summed E-state index contributed by atoms with van der Waals surface area (Å²) in [5.74, 6) is -0.431. The van der Waals surface area contributed by atoms with E-state index in [-0.39, 0.29) is 21.6 Å². The van der Waals surface area contributed by atoms with Crippen LogP contribution in [-0.4, -0.2) is 19.9 Å². The predicted molar refractivity (Wildman–Crippen MR) is 104 cm³/mol. The molecule has 0 unspecified atom stereocenters. The number of hydrogen-bond acceptors (Lipinski definition) is 6. The van der Waals surface area contributed by atoms with E-state index >= 15 is 0 Å². The number of halogens is 2. The number of rotatable bonds is 3. The number of nitrogens with zero attached hydrogens (tertiary/aromatic N) is 4. The van der Waals surface area contributed by atoms with Crippen molar-refractivity contribution in [3.63, 3.8) is 0 Å². The lowest BCUT2D eigenvalue weighted by atomic mass is 10.1. The maximum atomic E-state index is 13.2. The van der Waals surface area contributed by atoms with Crippen LogP contribution in [0.3, 0.4) is 0 Å². The fourth-order valence-electron chi connectivity index (χ4n) is 2.54. The third kappa shape index (κ3) is 3.45. The van der Waals surface area contributed by atoms with Crippen LogP contribution < -0.4 is 5.56 Å². The molecule has 4 aromatic rings. The van der Waals surface area contributed by atoms with Crippen molar-refractivity contribution in [2.75, 3.05) is 0 Å². The average molecular weight is 410 g/mol. The molecule has 0 radical (unpaired) electrons. The lowest BCUT2D eigenvalue weighted by molar-refractivity contribution is 0.628. The molecule has 2 aromatic heterocycles. The average Bonchev–Trinajstić information content (AvgIpc) is 2.69. The zero-order chi connectivity index (χ0) is 19.7. The van der Waals surface area contributed by atoms with Crippen LogP contribution in [0.5, 0.6) is 0 Å². The third-order valence-electron chi connectivity index (χ3n) is 3.82. The summed E-state index contributed by atoms with van der Waals surface area (Å²) in [6.45, 7) is 0. The van der Waals surface area contributed by atoms with Crippen LogP contribution >= 0.6 is 23.4 Å². The summed E-state index contributed by atoms with van der Waals surface area (Å²) in [6, 6.07) is 14.5. The summed E-state index contributed by atoms with van der Waals surface area (Å²) >= 11 is 7.24. The van der Waals surface area contributed by atoms with Gasteiger partial charge in [-0.2, -0.15) is 5.26 Å². The van der Waals surface area contributed by atoms with Gasteiger partial charge < -0.3 is 0 Å². The molecule has 136 valence electrons. The van der Waals surface area contributed by atoms with Crippen LogP contribution in [0.1, 0.15) is 5.56 Å². The molecule has 0 saturated heterocycles. The van der Waals surface area contributed by atoms with Crippen molar-refractivity contribution in [3.05, 3.63) is 75.4 Å². The molecule has 0 atom stereocenters. The highest BCUT2D eigenvalue weighted by Crippen LogP contribution is 2.31. The predicted octanol–water partition coefficient (Wildman–Crippen LogP) is 4.20. The molecule has 2 aromatic carbocycles. The summed E-state index contributed by atoms with van der Waals surface area (Å²) in [5, 5.41) is 10.0. The Morgan fingerprint density at radius 2 is 1.71 bits per heavy atom. The molecule has 0 amide bonds. The molecule has 6 nitrogen and oxygen atoms in total. The molecule has 0 bridgehead atoms. The molecule has 0 aliphatic heterocycles. The first kappa shape index (κ1) is 18.1. The number of fused-ring (bicyclic) bond motifs is 1. The fourth-order valence-corrected chi connectivity index (χ4v) is 3.53. The molecule has 28 heavy (non-hydrogen) atoms. The Bertz CT molecular complexity index is 1300. The minimum atomic E-state index is -0.607. The zero-order valence-electron chi connectivity index (χ0n) is 14.0. The molecule has 1 N–H and O–H groups in total. The van der Waals surface area contributed by atoms with Crippen molar-refractivity contribution in [2.24, 2.45) is 0 Å². The van der Waals surface area contributed by atoms with E-state index in [0.29, 0.717) is 21.6 Å². The topological polar surface area (TPSA) is 95.3 Å². The molecule has 0 saturated carbocycles. The highest BCUT2D eigenvalue weighted by Gasteiger charge is 2.16. The second-order valence-corrected chi connectivity index (χ2v) is 6.96. The summed E-state index contributed by atoms with van der Waals surface area (Å²) < 4.78 is 13.2. The van der Waals surface area contributed by atoms with E-state index < -0.39 is 11.4 Å². The number of para-hydroxylation sites is 2. The van der Waals surface area contributed by atoms with Crippen molar-refractivity contribution in [2.45, 2.75) is 10.2 Å². The number of nitriles is 1. The number of benzene rings is 2. The van der Waals surface area contributed by atoms with Gasteiger partial charge in [-0.3, -0.25) is 9.78 Å². The van der Waals surface area contributed by atoms with E-state index in [9.17, 15) is 14.4 Å². The smallest absolute Gasteiger partial charge is 0.270 e. The number of nitrogens with one attached hydrogen (secondary N) is 1. The van der Waals surface area contributed by atoms with Crippen molar-refractivity contribution in [1.82, 2.24) is 19.9 Å². The van der Waals surface area contributed by atoms with Gasteiger partial charge in [-0.1, -0.05) is 23.7 Å². The van der Waals surface area contributed by atoms with Gasteiger partial charge in [-0.05, 0) is 48.2 Å². The number of aromatic nitrogens is 4. The maximum Gasteiger partial charge on any atom is 0.270 e. The van der Waals surface area contributed by atoms with E-state index in [1.807, 2.05) is 18.2 Å². The van der Waals surface area contributed by atoms with Crippen molar-refractivity contribution >= 4 is 34.4 Å². The zero-order valence-corrected chi connectivity index (χ0v) is 15.6. The third-order valence-corrected chi connectivity index (χ3v) is 5.06. The second-order valence-electron chi connectivity index (χ2n) is 5.62. The van der Waals surface area contributed by atoms with Gasteiger partial charge in [-0.25, -0.2) is 19.3 Å². The van der Waals surface area contributed by atoms with E-state index in [4.69, 9.17) is 11.6 Å². The maximum absolute atomic E-state index is 13.2. The van der Waals surface area contributed by atoms with Gasteiger partial charge in [0.1, 0.15) is 22.5 Å². The standard InChI is InChI=1S/C19H9ClFN5OS/c20-16-18(24-14-4-2-1-3-13(14)23-16)28-19-25-15(12(9-22)17(27)26-19)10-5-7-11(21)8-6-10/h1-8H,(H,25,26,27). The fraction of sp³-hybridized carbons (Fsp3) is 0. The first-order valence-electron chi connectivity index (χ1n) is 7.95. The molecule has 0 aliphatic carbocycles.